The second kappa shape index (κ2) is 4.49. The number of carbonyl (C=O) groups is 1. The van der Waals surface area contributed by atoms with Gasteiger partial charge in [-0.3, -0.25) is 4.79 Å². The lowest BCUT2D eigenvalue weighted by molar-refractivity contribution is -0.133. The first-order valence-electron chi connectivity index (χ1n) is 5.88. The number of esters is 1. The Kier molecular flexibility index (Phi) is 2.69. The average Bonchev–Trinajstić information content (AvgIpc) is 2.73. The number of ether oxygens (including phenoxy) is 1. The third-order valence-electron chi connectivity index (χ3n) is 3.00. The summed E-state index contributed by atoms with van der Waals surface area (Å²) in [5, 5.41) is 0. The van der Waals surface area contributed by atoms with Gasteiger partial charge in [0.25, 0.3) is 0 Å². The minimum Gasteiger partial charge on any atom is -0.426 e. The number of para-hydroxylation sites is 1. The van der Waals surface area contributed by atoms with Crippen molar-refractivity contribution in [2.45, 2.75) is 5.92 Å². The van der Waals surface area contributed by atoms with E-state index in [0.29, 0.717) is 5.75 Å². The molecule has 18 heavy (non-hydrogen) atoms. The molecule has 0 saturated heterocycles. The van der Waals surface area contributed by atoms with Gasteiger partial charge in [-0.1, -0.05) is 60.7 Å². The molecule has 0 saturated carbocycles. The minimum absolute atomic E-state index is 0.205. The number of rotatable bonds is 2. The fourth-order valence-electron chi connectivity index (χ4n) is 2.08. The van der Waals surface area contributed by atoms with Crippen molar-refractivity contribution in [3.63, 3.8) is 0 Å². The summed E-state index contributed by atoms with van der Waals surface area (Å²) in [6.07, 6.45) is 3.84. The first kappa shape index (κ1) is 10.8. The van der Waals surface area contributed by atoms with Crippen LogP contribution in [0.15, 0.2) is 60.7 Å². The van der Waals surface area contributed by atoms with Gasteiger partial charge in [0.1, 0.15) is 11.7 Å². The van der Waals surface area contributed by atoms with Crippen LogP contribution < -0.4 is 4.74 Å². The van der Waals surface area contributed by atoms with E-state index >= 15 is 0 Å². The van der Waals surface area contributed by atoms with Gasteiger partial charge in [-0.05, 0) is 11.6 Å². The summed E-state index contributed by atoms with van der Waals surface area (Å²) in [7, 11) is 0. The highest BCUT2D eigenvalue weighted by Gasteiger charge is 2.30. The summed E-state index contributed by atoms with van der Waals surface area (Å²) in [6.45, 7) is 0. The SMILES string of the molecule is O=C1Oc2ccccc2C1/C=C\c1ccccc1. The lowest BCUT2D eigenvalue weighted by Gasteiger charge is -1.99. The highest BCUT2D eigenvalue weighted by atomic mass is 16.5. The molecule has 2 heteroatoms. The molecular formula is C16H12O2. The van der Waals surface area contributed by atoms with Crippen molar-refractivity contribution >= 4 is 12.0 Å². The second-order valence-corrected chi connectivity index (χ2v) is 4.21. The lowest BCUT2D eigenvalue weighted by atomic mass is 9.99. The molecule has 1 unspecified atom stereocenters. The number of hydrogen-bond acceptors (Lipinski definition) is 2. The fraction of sp³-hybridized carbons (Fsp3) is 0.0625. The van der Waals surface area contributed by atoms with Gasteiger partial charge in [0.15, 0.2) is 0 Å². The molecule has 0 bridgehead atoms. The Balaban J connectivity index is 1.90. The maximum absolute atomic E-state index is 11.8. The number of hydrogen-bond donors (Lipinski definition) is 0. The van der Waals surface area contributed by atoms with Gasteiger partial charge in [0.2, 0.25) is 0 Å². The molecule has 1 aliphatic rings. The van der Waals surface area contributed by atoms with E-state index in [2.05, 4.69) is 0 Å². The van der Waals surface area contributed by atoms with Gasteiger partial charge in [0.05, 0.1) is 0 Å². The van der Waals surface area contributed by atoms with E-state index in [1.807, 2.05) is 66.7 Å². The van der Waals surface area contributed by atoms with E-state index in [9.17, 15) is 4.79 Å². The zero-order valence-electron chi connectivity index (χ0n) is 9.74. The first-order valence-corrected chi connectivity index (χ1v) is 5.88. The third-order valence-corrected chi connectivity index (χ3v) is 3.00. The zero-order chi connectivity index (χ0) is 12.4. The largest absolute Gasteiger partial charge is 0.426 e. The van der Waals surface area contributed by atoms with Gasteiger partial charge >= 0.3 is 5.97 Å². The van der Waals surface area contributed by atoms with E-state index in [0.717, 1.165) is 11.1 Å². The van der Waals surface area contributed by atoms with E-state index in [4.69, 9.17) is 4.74 Å². The van der Waals surface area contributed by atoms with Crippen molar-refractivity contribution in [3.8, 4) is 5.75 Å². The summed E-state index contributed by atoms with van der Waals surface area (Å²) in [4.78, 5) is 11.8. The Hall–Kier alpha value is -2.35. The Morgan fingerprint density at radius 3 is 2.50 bits per heavy atom. The molecule has 0 aromatic heterocycles. The van der Waals surface area contributed by atoms with Gasteiger partial charge < -0.3 is 4.74 Å². The second-order valence-electron chi connectivity index (χ2n) is 4.21. The Morgan fingerprint density at radius 2 is 1.67 bits per heavy atom. The van der Waals surface area contributed by atoms with E-state index in [-0.39, 0.29) is 11.9 Å². The summed E-state index contributed by atoms with van der Waals surface area (Å²) >= 11 is 0. The lowest BCUT2D eigenvalue weighted by Crippen LogP contribution is -2.07. The molecule has 1 aliphatic heterocycles. The first-order chi connectivity index (χ1) is 8.84. The van der Waals surface area contributed by atoms with E-state index < -0.39 is 0 Å². The topological polar surface area (TPSA) is 26.3 Å². The summed E-state index contributed by atoms with van der Waals surface area (Å²) < 4.78 is 5.22. The smallest absolute Gasteiger partial charge is 0.322 e. The normalized spacial score (nSPS) is 17.8. The summed E-state index contributed by atoms with van der Waals surface area (Å²) in [5.74, 6) is 0.176. The van der Waals surface area contributed by atoms with Crippen molar-refractivity contribution < 1.29 is 9.53 Å². The Bertz CT molecular complexity index is 600. The van der Waals surface area contributed by atoms with Crippen molar-refractivity contribution in [3.05, 3.63) is 71.8 Å². The van der Waals surface area contributed by atoms with Crippen LogP contribution in [0.3, 0.4) is 0 Å². The molecule has 2 aromatic carbocycles. The van der Waals surface area contributed by atoms with Crippen LogP contribution in [0.4, 0.5) is 0 Å². The molecule has 0 radical (unpaired) electrons. The van der Waals surface area contributed by atoms with Crippen molar-refractivity contribution in [2.75, 3.05) is 0 Å². The molecule has 1 heterocycles. The molecule has 2 aromatic rings. The quantitative estimate of drug-likeness (QED) is 0.590. The van der Waals surface area contributed by atoms with E-state index in [1.165, 1.54) is 0 Å². The highest BCUT2D eigenvalue weighted by molar-refractivity contribution is 5.88. The summed E-state index contributed by atoms with van der Waals surface area (Å²) in [6, 6.07) is 17.5. The average molecular weight is 236 g/mol. The number of benzene rings is 2. The van der Waals surface area contributed by atoms with Crippen LogP contribution in [-0.4, -0.2) is 5.97 Å². The standard InChI is InChI=1S/C16H12O2/c17-16-14(11-10-12-6-2-1-3-7-12)13-8-4-5-9-15(13)18-16/h1-11,14H/b11-10-. The third kappa shape index (κ3) is 1.93. The molecule has 0 fully saturated rings. The molecule has 0 spiro atoms. The summed E-state index contributed by atoms with van der Waals surface area (Å²) in [5.41, 5.74) is 2.02. The Labute approximate surface area is 106 Å². The molecule has 1 atom stereocenters. The maximum atomic E-state index is 11.8. The van der Waals surface area contributed by atoms with Crippen LogP contribution in [0.2, 0.25) is 0 Å². The van der Waals surface area contributed by atoms with E-state index in [1.54, 1.807) is 0 Å². The van der Waals surface area contributed by atoms with Crippen LogP contribution in [0.25, 0.3) is 6.08 Å². The predicted octanol–water partition coefficient (Wildman–Crippen LogP) is 3.40. The van der Waals surface area contributed by atoms with Crippen LogP contribution in [0.1, 0.15) is 17.0 Å². The van der Waals surface area contributed by atoms with Crippen LogP contribution in [0.5, 0.6) is 5.75 Å². The molecule has 0 N–H and O–H groups in total. The molecule has 88 valence electrons. The number of fused-ring (bicyclic) bond motifs is 1. The van der Waals surface area contributed by atoms with Crippen LogP contribution in [-0.2, 0) is 4.79 Å². The van der Waals surface area contributed by atoms with Gasteiger partial charge in [0, 0.05) is 5.56 Å². The molecule has 0 amide bonds. The fourth-order valence-corrected chi connectivity index (χ4v) is 2.08. The molecule has 2 nitrogen and oxygen atoms in total. The molecule has 0 aliphatic carbocycles. The monoisotopic (exact) mass is 236 g/mol. The Morgan fingerprint density at radius 1 is 0.944 bits per heavy atom. The molecule has 3 rings (SSSR count). The number of carbonyl (C=O) groups excluding carboxylic acids is 1. The predicted molar refractivity (Wildman–Crippen MR) is 70.3 cm³/mol. The van der Waals surface area contributed by atoms with Gasteiger partial charge in [-0.25, -0.2) is 0 Å². The minimum atomic E-state index is -0.290. The maximum Gasteiger partial charge on any atom is 0.322 e. The van der Waals surface area contributed by atoms with Crippen molar-refractivity contribution in [2.24, 2.45) is 0 Å². The van der Waals surface area contributed by atoms with Gasteiger partial charge in [-0.2, -0.15) is 0 Å². The van der Waals surface area contributed by atoms with Crippen molar-refractivity contribution in [1.82, 2.24) is 0 Å². The van der Waals surface area contributed by atoms with Crippen LogP contribution in [0, 0.1) is 0 Å². The zero-order valence-corrected chi connectivity index (χ0v) is 9.74. The van der Waals surface area contributed by atoms with Crippen molar-refractivity contribution in [1.29, 1.82) is 0 Å². The van der Waals surface area contributed by atoms with Gasteiger partial charge in [-0.15, -0.1) is 0 Å². The molecular weight excluding hydrogens is 224 g/mol. The highest BCUT2D eigenvalue weighted by Crippen LogP contribution is 2.35. The van der Waals surface area contributed by atoms with Crippen LogP contribution >= 0.6 is 0 Å².